The van der Waals surface area contributed by atoms with E-state index in [-0.39, 0.29) is 24.1 Å². The highest BCUT2D eigenvalue weighted by Gasteiger charge is 2.31. The maximum atomic E-state index is 12.9. The lowest BCUT2D eigenvalue weighted by Gasteiger charge is -2.25. The number of anilines is 3. The minimum absolute atomic E-state index is 0.107. The molecule has 0 saturated carbocycles. The van der Waals surface area contributed by atoms with E-state index in [0.29, 0.717) is 29.9 Å². The van der Waals surface area contributed by atoms with Crippen LogP contribution in [0.25, 0.3) is 0 Å². The van der Waals surface area contributed by atoms with Crippen molar-refractivity contribution in [3.63, 3.8) is 0 Å². The van der Waals surface area contributed by atoms with Crippen LogP contribution in [0, 0.1) is 0 Å². The zero-order chi connectivity index (χ0) is 20.7. The first-order valence-electron chi connectivity index (χ1n) is 9.77. The van der Waals surface area contributed by atoms with Crippen molar-refractivity contribution in [1.82, 2.24) is 0 Å². The Kier molecular flexibility index (Phi) is 4.35. The monoisotopic (exact) mass is 401 g/mol. The molecule has 150 valence electrons. The molecule has 0 bridgehead atoms. The van der Waals surface area contributed by atoms with Crippen molar-refractivity contribution in [2.75, 3.05) is 22.1 Å². The first-order valence-corrected chi connectivity index (χ1v) is 9.77. The molecule has 0 aliphatic carbocycles. The van der Waals surface area contributed by atoms with E-state index in [1.54, 1.807) is 23.1 Å². The van der Waals surface area contributed by atoms with E-state index in [9.17, 15) is 14.4 Å². The second kappa shape index (κ2) is 7.18. The number of nitrogens with one attached hydrogen (secondary N) is 2. The molecule has 1 atom stereocenters. The summed E-state index contributed by atoms with van der Waals surface area (Å²) >= 11 is 0. The van der Waals surface area contributed by atoms with Gasteiger partial charge < -0.3 is 20.0 Å². The number of carbonyl (C=O) groups is 3. The van der Waals surface area contributed by atoms with Crippen molar-refractivity contribution >= 4 is 34.8 Å². The number of fused-ring (bicyclic) bond motifs is 2. The summed E-state index contributed by atoms with van der Waals surface area (Å²) in [4.78, 5) is 39.3. The van der Waals surface area contributed by atoms with E-state index in [0.717, 1.165) is 16.8 Å². The van der Waals surface area contributed by atoms with Gasteiger partial charge in [0.15, 0.2) is 0 Å². The standard InChI is InChI=1S/C23H19N3O4/c27-21-12-18(17-3-1-2-4-19(17)25-21)22(28)24-16-5-6-20-14(11-16)7-9-26(20)23(29)15-8-10-30-13-15/h1-6,8,10-11,13,18H,7,9,12H2,(H,24,28)(H,25,27). The lowest BCUT2D eigenvalue weighted by molar-refractivity contribution is -0.123. The van der Waals surface area contributed by atoms with E-state index < -0.39 is 5.92 Å². The van der Waals surface area contributed by atoms with Gasteiger partial charge in [0.05, 0.1) is 17.7 Å². The Balaban J connectivity index is 1.35. The van der Waals surface area contributed by atoms with Crippen LogP contribution < -0.4 is 15.5 Å². The Labute approximate surface area is 172 Å². The molecule has 1 unspecified atom stereocenters. The number of furan rings is 1. The Morgan fingerprint density at radius 3 is 2.83 bits per heavy atom. The van der Waals surface area contributed by atoms with Crippen LogP contribution in [0.5, 0.6) is 0 Å². The first-order chi connectivity index (χ1) is 14.6. The lowest BCUT2D eigenvalue weighted by Crippen LogP contribution is -2.30. The van der Waals surface area contributed by atoms with Crippen molar-refractivity contribution in [3.05, 3.63) is 77.7 Å². The average Bonchev–Trinajstić information content (AvgIpc) is 3.42. The largest absolute Gasteiger partial charge is 0.472 e. The van der Waals surface area contributed by atoms with Crippen molar-refractivity contribution in [3.8, 4) is 0 Å². The van der Waals surface area contributed by atoms with Crippen LogP contribution in [-0.4, -0.2) is 24.3 Å². The van der Waals surface area contributed by atoms with Gasteiger partial charge in [-0.25, -0.2) is 0 Å². The normalized spacial score (nSPS) is 17.1. The van der Waals surface area contributed by atoms with Crippen molar-refractivity contribution in [2.24, 2.45) is 0 Å². The summed E-state index contributed by atoms with van der Waals surface area (Å²) in [6.45, 7) is 0.576. The summed E-state index contributed by atoms with van der Waals surface area (Å²) < 4.78 is 5.01. The highest BCUT2D eigenvalue weighted by molar-refractivity contribution is 6.08. The Hall–Kier alpha value is -3.87. The highest BCUT2D eigenvalue weighted by atomic mass is 16.3. The maximum absolute atomic E-state index is 12.9. The molecule has 5 rings (SSSR count). The first kappa shape index (κ1) is 18.2. The minimum atomic E-state index is -0.539. The fourth-order valence-electron chi connectivity index (χ4n) is 4.11. The van der Waals surface area contributed by atoms with Crippen molar-refractivity contribution in [2.45, 2.75) is 18.8 Å². The Morgan fingerprint density at radius 2 is 2.00 bits per heavy atom. The number of amides is 3. The predicted octanol–water partition coefficient (Wildman–Crippen LogP) is 3.55. The molecular weight excluding hydrogens is 382 g/mol. The lowest BCUT2D eigenvalue weighted by atomic mass is 9.89. The molecule has 1 aromatic heterocycles. The molecule has 2 aliphatic heterocycles. The quantitative estimate of drug-likeness (QED) is 0.702. The molecule has 2 aromatic carbocycles. The van der Waals surface area contributed by atoms with Gasteiger partial charge in [0.2, 0.25) is 11.8 Å². The molecule has 0 saturated heterocycles. The van der Waals surface area contributed by atoms with Crippen LogP contribution in [-0.2, 0) is 16.0 Å². The molecule has 2 N–H and O–H groups in total. The van der Waals surface area contributed by atoms with Crippen LogP contribution in [0.4, 0.5) is 17.1 Å². The zero-order valence-electron chi connectivity index (χ0n) is 16.1. The maximum Gasteiger partial charge on any atom is 0.261 e. The number of carbonyl (C=O) groups excluding carboxylic acids is 3. The van der Waals surface area contributed by atoms with Crippen LogP contribution >= 0.6 is 0 Å². The van der Waals surface area contributed by atoms with E-state index in [4.69, 9.17) is 4.42 Å². The second-order valence-corrected chi connectivity index (χ2v) is 7.44. The summed E-state index contributed by atoms with van der Waals surface area (Å²) in [6, 6.07) is 14.5. The van der Waals surface area contributed by atoms with Crippen LogP contribution in [0.2, 0.25) is 0 Å². The molecule has 30 heavy (non-hydrogen) atoms. The summed E-state index contributed by atoms with van der Waals surface area (Å²) in [5.41, 5.74) is 4.48. The fourth-order valence-corrected chi connectivity index (χ4v) is 4.11. The van der Waals surface area contributed by atoms with Gasteiger partial charge in [-0.1, -0.05) is 18.2 Å². The number of hydrogen-bond donors (Lipinski definition) is 2. The molecule has 0 radical (unpaired) electrons. The van der Waals surface area contributed by atoms with Crippen molar-refractivity contribution < 1.29 is 18.8 Å². The van der Waals surface area contributed by atoms with Crippen LogP contribution in [0.15, 0.2) is 65.5 Å². The van der Waals surface area contributed by atoms with Crippen molar-refractivity contribution in [1.29, 1.82) is 0 Å². The highest BCUT2D eigenvalue weighted by Crippen LogP contribution is 2.35. The van der Waals surface area contributed by atoms with Crippen LogP contribution in [0.3, 0.4) is 0 Å². The van der Waals surface area contributed by atoms with Gasteiger partial charge in [0.25, 0.3) is 5.91 Å². The second-order valence-electron chi connectivity index (χ2n) is 7.44. The van der Waals surface area contributed by atoms with E-state index in [2.05, 4.69) is 10.6 Å². The van der Waals surface area contributed by atoms with E-state index in [1.165, 1.54) is 12.5 Å². The number of para-hydroxylation sites is 1. The van der Waals surface area contributed by atoms with Gasteiger partial charge in [-0.05, 0) is 47.9 Å². The summed E-state index contributed by atoms with van der Waals surface area (Å²) in [6.07, 6.45) is 3.73. The van der Waals surface area contributed by atoms with Gasteiger partial charge >= 0.3 is 0 Å². The molecule has 2 aliphatic rings. The summed E-state index contributed by atoms with van der Waals surface area (Å²) in [5, 5.41) is 5.74. The smallest absolute Gasteiger partial charge is 0.261 e. The van der Waals surface area contributed by atoms with E-state index in [1.807, 2.05) is 30.3 Å². The molecule has 7 heteroatoms. The fraction of sp³-hybridized carbons (Fsp3) is 0.174. The van der Waals surface area contributed by atoms with Gasteiger partial charge in [0.1, 0.15) is 6.26 Å². The molecule has 3 aromatic rings. The van der Waals surface area contributed by atoms with Crippen LogP contribution in [0.1, 0.15) is 33.8 Å². The SMILES string of the molecule is O=C1CC(C(=O)Nc2ccc3c(c2)CCN3C(=O)c2ccoc2)c2ccccc2N1. The Bertz CT molecular complexity index is 1150. The number of nitrogens with zero attached hydrogens (tertiary/aromatic N) is 1. The topological polar surface area (TPSA) is 91.7 Å². The molecule has 3 heterocycles. The molecule has 3 amide bonds. The average molecular weight is 401 g/mol. The van der Waals surface area contributed by atoms with Gasteiger partial charge in [-0.15, -0.1) is 0 Å². The third-order valence-corrected chi connectivity index (χ3v) is 5.57. The number of rotatable bonds is 3. The Morgan fingerprint density at radius 1 is 1.13 bits per heavy atom. The molecule has 7 nitrogen and oxygen atoms in total. The molecular formula is C23H19N3O4. The molecule has 0 spiro atoms. The van der Waals surface area contributed by atoms with E-state index >= 15 is 0 Å². The van der Waals surface area contributed by atoms with Gasteiger partial charge in [-0.3, -0.25) is 14.4 Å². The summed E-state index contributed by atoms with van der Waals surface area (Å²) in [7, 11) is 0. The third kappa shape index (κ3) is 3.14. The number of benzene rings is 2. The van der Waals surface area contributed by atoms with Gasteiger partial charge in [0, 0.05) is 30.0 Å². The van der Waals surface area contributed by atoms with Gasteiger partial charge in [-0.2, -0.15) is 0 Å². The zero-order valence-corrected chi connectivity index (χ0v) is 16.1. The molecule has 0 fully saturated rings. The third-order valence-electron chi connectivity index (χ3n) is 5.57. The minimum Gasteiger partial charge on any atom is -0.472 e. The summed E-state index contributed by atoms with van der Waals surface area (Å²) in [5.74, 6) is -1.04. The predicted molar refractivity (Wildman–Crippen MR) is 112 cm³/mol. The number of hydrogen-bond acceptors (Lipinski definition) is 4.